The topological polar surface area (TPSA) is 95.9 Å². The third kappa shape index (κ3) is 1.60. The molecule has 0 aromatic rings. The van der Waals surface area contributed by atoms with E-state index in [4.69, 9.17) is 15.6 Å². The van der Waals surface area contributed by atoms with Gasteiger partial charge in [-0.3, -0.25) is 0 Å². The van der Waals surface area contributed by atoms with Gasteiger partial charge in [0.25, 0.3) is 0 Å². The van der Waals surface area contributed by atoms with Gasteiger partial charge in [-0.25, -0.2) is 0 Å². The van der Waals surface area contributed by atoms with Gasteiger partial charge in [-0.2, -0.15) is 0 Å². The predicted octanol–water partition coefficient (Wildman–Crippen LogP) is -1.84. The van der Waals surface area contributed by atoms with Crippen LogP contribution in [0.5, 0.6) is 0 Å². The van der Waals surface area contributed by atoms with Gasteiger partial charge >= 0.3 is 0 Å². The second kappa shape index (κ2) is 3.68. The molecule has 1 aliphatic heterocycles. The summed E-state index contributed by atoms with van der Waals surface area (Å²) in [5.74, 6) is 0. The van der Waals surface area contributed by atoms with E-state index in [1.165, 1.54) is 0 Å². The Balaban J connectivity index is 2.63. The molecule has 5 heteroatoms. The molecule has 1 heterocycles. The first-order valence-corrected chi connectivity index (χ1v) is 4.03. The van der Waals surface area contributed by atoms with Crippen molar-refractivity contribution in [1.82, 2.24) is 0 Å². The molecule has 0 radical (unpaired) electrons. The van der Waals surface area contributed by atoms with Crippen LogP contribution in [0.15, 0.2) is 0 Å². The van der Waals surface area contributed by atoms with Gasteiger partial charge in [0.1, 0.15) is 12.2 Å². The molecular weight excluding hydrogens is 162 g/mol. The molecule has 5 atom stereocenters. The van der Waals surface area contributed by atoms with Gasteiger partial charge in [0.15, 0.2) is 6.29 Å². The normalized spacial score (nSPS) is 49.2. The molecule has 0 aliphatic carbocycles. The largest absolute Gasteiger partial charge is 0.388 e. The molecule has 1 unspecified atom stereocenters. The van der Waals surface area contributed by atoms with E-state index < -0.39 is 30.6 Å². The number of hydrogen-bond acceptors (Lipinski definition) is 5. The zero-order valence-corrected chi connectivity index (χ0v) is 6.92. The van der Waals surface area contributed by atoms with E-state index in [2.05, 4.69) is 0 Å². The molecule has 1 fully saturated rings. The van der Waals surface area contributed by atoms with E-state index >= 15 is 0 Å². The molecular formula is C7H15NO4. The van der Waals surface area contributed by atoms with Crippen LogP contribution < -0.4 is 5.73 Å². The van der Waals surface area contributed by atoms with Gasteiger partial charge in [0, 0.05) is 0 Å². The molecule has 1 rings (SSSR count). The molecule has 12 heavy (non-hydrogen) atoms. The fraction of sp³-hybridized carbons (Fsp3) is 1.00. The molecule has 0 saturated carbocycles. The lowest BCUT2D eigenvalue weighted by Gasteiger charge is -2.38. The average molecular weight is 177 g/mol. The highest BCUT2D eigenvalue weighted by Gasteiger charge is 2.40. The molecule has 1 saturated heterocycles. The molecule has 0 aromatic carbocycles. The number of ether oxygens (including phenoxy) is 1. The fourth-order valence-electron chi connectivity index (χ4n) is 1.30. The number of hydrogen-bond donors (Lipinski definition) is 4. The monoisotopic (exact) mass is 177 g/mol. The van der Waals surface area contributed by atoms with E-state index in [0.29, 0.717) is 6.42 Å². The molecule has 5 nitrogen and oxygen atoms in total. The highest BCUT2D eigenvalue weighted by molar-refractivity contribution is 4.90. The van der Waals surface area contributed by atoms with Crippen molar-refractivity contribution in [3.8, 4) is 0 Å². The summed E-state index contributed by atoms with van der Waals surface area (Å²) in [4.78, 5) is 0. The van der Waals surface area contributed by atoms with Crippen molar-refractivity contribution < 1.29 is 20.1 Å². The Morgan fingerprint density at radius 1 is 1.25 bits per heavy atom. The molecule has 72 valence electrons. The third-order valence-corrected chi connectivity index (χ3v) is 2.17. The summed E-state index contributed by atoms with van der Waals surface area (Å²) in [7, 11) is 0. The van der Waals surface area contributed by atoms with Crippen LogP contribution >= 0.6 is 0 Å². The lowest BCUT2D eigenvalue weighted by atomic mass is 9.96. The van der Waals surface area contributed by atoms with E-state index in [9.17, 15) is 10.2 Å². The maximum absolute atomic E-state index is 9.36. The standard InChI is InChI=1S/C7H15NO4/c1-2-3-5(9)6(10)4(8)7(11)12-3/h3-7,9-11H,2,8H2,1H3/t3-,4-,5-,6-,7?/m1/s1. The summed E-state index contributed by atoms with van der Waals surface area (Å²) in [6.07, 6.45) is -3.31. The van der Waals surface area contributed by atoms with Crippen molar-refractivity contribution in [3.63, 3.8) is 0 Å². The first kappa shape index (κ1) is 9.88. The maximum Gasteiger partial charge on any atom is 0.172 e. The lowest BCUT2D eigenvalue weighted by molar-refractivity contribution is -0.242. The van der Waals surface area contributed by atoms with E-state index in [0.717, 1.165) is 0 Å². The van der Waals surface area contributed by atoms with Gasteiger partial charge in [0.05, 0.1) is 12.1 Å². The first-order chi connectivity index (χ1) is 5.57. The minimum Gasteiger partial charge on any atom is -0.388 e. The van der Waals surface area contributed by atoms with Crippen LogP contribution in [0, 0.1) is 0 Å². The summed E-state index contributed by atoms with van der Waals surface area (Å²) in [5, 5.41) is 27.8. The molecule has 1 aliphatic rings. The van der Waals surface area contributed by atoms with Crippen LogP contribution in [0.25, 0.3) is 0 Å². The summed E-state index contributed by atoms with van der Waals surface area (Å²) in [6, 6.07) is -0.928. The second-order valence-electron chi connectivity index (χ2n) is 3.03. The van der Waals surface area contributed by atoms with Gasteiger partial charge in [-0.05, 0) is 6.42 Å². The minimum atomic E-state index is -1.19. The van der Waals surface area contributed by atoms with Crippen molar-refractivity contribution in [3.05, 3.63) is 0 Å². The Morgan fingerprint density at radius 2 is 1.83 bits per heavy atom. The Hall–Kier alpha value is -0.200. The summed E-state index contributed by atoms with van der Waals surface area (Å²) < 4.78 is 4.95. The van der Waals surface area contributed by atoms with Gasteiger partial charge < -0.3 is 25.8 Å². The first-order valence-electron chi connectivity index (χ1n) is 4.03. The van der Waals surface area contributed by atoms with Gasteiger partial charge in [-0.1, -0.05) is 6.92 Å². The number of nitrogens with two attached hydrogens (primary N) is 1. The van der Waals surface area contributed by atoms with Crippen LogP contribution in [0.4, 0.5) is 0 Å². The molecule has 0 amide bonds. The number of aliphatic hydroxyl groups is 3. The Kier molecular flexibility index (Phi) is 3.03. The third-order valence-electron chi connectivity index (χ3n) is 2.17. The van der Waals surface area contributed by atoms with Crippen LogP contribution in [-0.4, -0.2) is 46.0 Å². The van der Waals surface area contributed by atoms with Crippen molar-refractivity contribution >= 4 is 0 Å². The highest BCUT2D eigenvalue weighted by Crippen LogP contribution is 2.20. The van der Waals surface area contributed by atoms with Crippen LogP contribution in [0.2, 0.25) is 0 Å². The fourth-order valence-corrected chi connectivity index (χ4v) is 1.30. The zero-order valence-electron chi connectivity index (χ0n) is 6.92. The smallest absolute Gasteiger partial charge is 0.172 e. The molecule has 0 aromatic heterocycles. The predicted molar refractivity (Wildman–Crippen MR) is 41.2 cm³/mol. The Morgan fingerprint density at radius 3 is 2.33 bits per heavy atom. The van der Waals surface area contributed by atoms with Crippen molar-refractivity contribution in [2.24, 2.45) is 5.73 Å². The van der Waals surface area contributed by atoms with E-state index in [1.54, 1.807) is 6.92 Å². The van der Waals surface area contributed by atoms with Crippen LogP contribution in [-0.2, 0) is 4.74 Å². The molecule has 5 N–H and O–H groups in total. The van der Waals surface area contributed by atoms with Crippen molar-refractivity contribution in [1.29, 1.82) is 0 Å². The highest BCUT2D eigenvalue weighted by atomic mass is 16.6. The second-order valence-corrected chi connectivity index (χ2v) is 3.03. The van der Waals surface area contributed by atoms with Gasteiger partial charge in [0.2, 0.25) is 0 Å². The summed E-state index contributed by atoms with van der Waals surface area (Å²) in [6.45, 7) is 1.80. The zero-order chi connectivity index (χ0) is 9.30. The van der Waals surface area contributed by atoms with Crippen LogP contribution in [0.3, 0.4) is 0 Å². The SMILES string of the molecule is CC[C@H]1OC(O)[C@H](N)[C@@H](O)[C@@H]1O. The molecule has 0 bridgehead atoms. The Labute approximate surface area is 70.8 Å². The van der Waals surface area contributed by atoms with Crippen LogP contribution in [0.1, 0.15) is 13.3 Å². The van der Waals surface area contributed by atoms with Crippen molar-refractivity contribution in [2.75, 3.05) is 0 Å². The quantitative estimate of drug-likeness (QED) is 0.377. The number of rotatable bonds is 1. The lowest BCUT2D eigenvalue weighted by Crippen LogP contribution is -2.60. The van der Waals surface area contributed by atoms with E-state index in [1.807, 2.05) is 0 Å². The average Bonchev–Trinajstić information content (AvgIpc) is 2.08. The summed E-state index contributed by atoms with van der Waals surface area (Å²) in [5.41, 5.74) is 5.34. The Bertz CT molecular complexity index is 150. The summed E-state index contributed by atoms with van der Waals surface area (Å²) >= 11 is 0. The van der Waals surface area contributed by atoms with Gasteiger partial charge in [-0.15, -0.1) is 0 Å². The van der Waals surface area contributed by atoms with Crippen molar-refractivity contribution in [2.45, 2.75) is 44.0 Å². The molecule has 0 spiro atoms. The van der Waals surface area contributed by atoms with E-state index in [-0.39, 0.29) is 0 Å². The maximum atomic E-state index is 9.36. The minimum absolute atomic E-state index is 0.530. The number of aliphatic hydroxyl groups excluding tert-OH is 3.